The van der Waals surface area contributed by atoms with Gasteiger partial charge in [-0.25, -0.2) is 8.42 Å². The zero-order valence-corrected chi connectivity index (χ0v) is 15.2. The zero-order chi connectivity index (χ0) is 15.5. The van der Waals surface area contributed by atoms with Gasteiger partial charge in [-0.1, -0.05) is 55.6 Å². The highest BCUT2D eigenvalue weighted by Crippen LogP contribution is 2.23. The van der Waals surface area contributed by atoms with Crippen molar-refractivity contribution < 1.29 is 8.42 Å². The van der Waals surface area contributed by atoms with E-state index in [1.54, 1.807) is 30.5 Å². The maximum Gasteiger partial charge on any atom is 0.198 e. The standard InChI is InChI=1S/C15H13Br2NO2S/c1-11-5-7-12(8-6-11)21(19,20)10-18-9-13-14(16)3-2-4-15(13)17/h2-9H,10H2,1H3. The SMILES string of the molecule is Cc1ccc(S(=O)(=O)CN=Cc2c(Br)cccc2Br)cc1. The first-order valence-corrected chi connectivity index (χ1v) is 9.37. The van der Waals surface area contributed by atoms with Crippen molar-refractivity contribution in [3.63, 3.8) is 0 Å². The first kappa shape index (κ1) is 16.4. The van der Waals surface area contributed by atoms with Gasteiger partial charge in [0.05, 0.1) is 4.90 Å². The highest BCUT2D eigenvalue weighted by Gasteiger charge is 2.12. The van der Waals surface area contributed by atoms with Crippen LogP contribution in [0.15, 0.2) is 61.3 Å². The van der Waals surface area contributed by atoms with Crippen molar-refractivity contribution in [2.24, 2.45) is 4.99 Å². The fourth-order valence-electron chi connectivity index (χ4n) is 1.68. The summed E-state index contributed by atoms with van der Waals surface area (Å²) in [5, 5.41) is 0. The lowest BCUT2D eigenvalue weighted by atomic mass is 10.2. The van der Waals surface area contributed by atoms with Crippen LogP contribution in [0.25, 0.3) is 0 Å². The minimum atomic E-state index is -3.40. The third-order valence-electron chi connectivity index (χ3n) is 2.84. The Morgan fingerprint density at radius 2 is 1.62 bits per heavy atom. The monoisotopic (exact) mass is 429 g/mol. The van der Waals surface area contributed by atoms with Gasteiger partial charge in [0.25, 0.3) is 0 Å². The topological polar surface area (TPSA) is 46.5 Å². The summed E-state index contributed by atoms with van der Waals surface area (Å²) in [5.74, 6) is -0.274. The van der Waals surface area contributed by atoms with Gasteiger partial charge in [-0.05, 0) is 31.2 Å². The molecule has 0 radical (unpaired) electrons. The highest BCUT2D eigenvalue weighted by molar-refractivity contribution is 9.11. The molecule has 110 valence electrons. The Bertz CT molecular complexity index is 749. The maximum absolute atomic E-state index is 12.2. The van der Waals surface area contributed by atoms with Crippen molar-refractivity contribution in [2.75, 3.05) is 5.88 Å². The second-order valence-corrected chi connectivity index (χ2v) is 8.17. The number of sulfone groups is 1. The molecule has 0 amide bonds. The number of rotatable bonds is 4. The second-order valence-electron chi connectivity index (χ2n) is 4.50. The number of aliphatic imine (C=N–C) groups is 1. The summed E-state index contributed by atoms with van der Waals surface area (Å²) in [7, 11) is -3.40. The van der Waals surface area contributed by atoms with E-state index < -0.39 is 9.84 Å². The molecule has 0 fully saturated rings. The van der Waals surface area contributed by atoms with E-state index in [0.29, 0.717) is 0 Å². The van der Waals surface area contributed by atoms with Crippen molar-refractivity contribution in [1.29, 1.82) is 0 Å². The molecule has 2 rings (SSSR count). The molecular formula is C15H13Br2NO2S. The zero-order valence-electron chi connectivity index (χ0n) is 11.3. The van der Waals surface area contributed by atoms with E-state index in [1.807, 2.05) is 25.1 Å². The predicted molar refractivity (Wildman–Crippen MR) is 92.7 cm³/mol. The number of benzene rings is 2. The molecule has 3 nitrogen and oxygen atoms in total. The van der Waals surface area contributed by atoms with Crippen LogP contribution in [-0.2, 0) is 9.84 Å². The average molecular weight is 431 g/mol. The lowest BCUT2D eigenvalue weighted by Crippen LogP contribution is -2.05. The van der Waals surface area contributed by atoms with Crippen molar-refractivity contribution in [1.82, 2.24) is 0 Å². The van der Waals surface area contributed by atoms with Gasteiger partial charge in [-0.3, -0.25) is 4.99 Å². The predicted octanol–water partition coefficient (Wildman–Crippen LogP) is 4.37. The number of nitrogens with zero attached hydrogens (tertiary/aromatic N) is 1. The van der Waals surface area contributed by atoms with E-state index in [-0.39, 0.29) is 10.8 Å². The quantitative estimate of drug-likeness (QED) is 0.676. The van der Waals surface area contributed by atoms with Crippen molar-refractivity contribution >= 4 is 47.9 Å². The molecule has 0 spiro atoms. The van der Waals surface area contributed by atoms with Crippen LogP contribution in [0.1, 0.15) is 11.1 Å². The lowest BCUT2D eigenvalue weighted by Gasteiger charge is -2.03. The van der Waals surface area contributed by atoms with Crippen molar-refractivity contribution in [2.45, 2.75) is 11.8 Å². The molecule has 0 aliphatic rings. The minimum Gasteiger partial charge on any atom is -0.276 e. The summed E-state index contributed by atoms with van der Waals surface area (Å²) in [6, 6.07) is 12.4. The molecule has 0 atom stereocenters. The van der Waals surface area contributed by atoms with Gasteiger partial charge in [-0.15, -0.1) is 0 Å². The van der Waals surface area contributed by atoms with Gasteiger partial charge >= 0.3 is 0 Å². The third-order valence-corrected chi connectivity index (χ3v) is 5.71. The number of hydrogen-bond acceptors (Lipinski definition) is 3. The molecule has 0 saturated heterocycles. The fourth-order valence-corrected chi connectivity index (χ4v) is 3.85. The van der Waals surface area contributed by atoms with Crippen LogP contribution in [0.4, 0.5) is 0 Å². The molecule has 21 heavy (non-hydrogen) atoms. The summed E-state index contributed by atoms with van der Waals surface area (Å²) < 4.78 is 26.0. The van der Waals surface area contributed by atoms with E-state index in [4.69, 9.17) is 0 Å². The summed E-state index contributed by atoms with van der Waals surface area (Å²) in [4.78, 5) is 4.35. The van der Waals surface area contributed by atoms with E-state index in [1.165, 1.54) is 0 Å². The fraction of sp³-hybridized carbons (Fsp3) is 0.133. The van der Waals surface area contributed by atoms with Crippen LogP contribution in [0.5, 0.6) is 0 Å². The molecule has 0 bridgehead atoms. The lowest BCUT2D eigenvalue weighted by molar-refractivity contribution is 0.596. The van der Waals surface area contributed by atoms with Gasteiger partial charge in [0.2, 0.25) is 0 Å². The Balaban J connectivity index is 2.19. The molecule has 0 saturated carbocycles. The molecule has 0 heterocycles. The Morgan fingerprint density at radius 3 is 2.19 bits per heavy atom. The van der Waals surface area contributed by atoms with Crippen molar-refractivity contribution in [3.8, 4) is 0 Å². The summed E-state index contributed by atoms with van der Waals surface area (Å²) in [6.07, 6.45) is 1.56. The van der Waals surface area contributed by atoms with Gasteiger partial charge in [0.15, 0.2) is 9.84 Å². The van der Waals surface area contributed by atoms with Crippen LogP contribution in [0.3, 0.4) is 0 Å². The summed E-state index contributed by atoms with van der Waals surface area (Å²) >= 11 is 6.82. The minimum absolute atomic E-state index is 0.274. The highest BCUT2D eigenvalue weighted by atomic mass is 79.9. The Kier molecular flexibility index (Phi) is 5.35. The van der Waals surface area contributed by atoms with Crippen LogP contribution >= 0.6 is 31.9 Å². The first-order chi connectivity index (χ1) is 9.90. The van der Waals surface area contributed by atoms with Crippen LogP contribution in [-0.4, -0.2) is 20.5 Å². The summed E-state index contributed by atoms with van der Waals surface area (Å²) in [5.41, 5.74) is 1.84. The van der Waals surface area contributed by atoms with E-state index >= 15 is 0 Å². The van der Waals surface area contributed by atoms with E-state index in [2.05, 4.69) is 36.9 Å². The first-order valence-electron chi connectivity index (χ1n) is 6.13. The molecule has 6 heteroatoms. The average Bonchev–Trinajstić information content (AvgIpc) is 2.42. The largest absolute Gasteiger partial charge is 0.276 e. The van der Waals surface area contributed by atoms with Gasteiger partial charge in [0, 0.05) is 20.7 Å². The Hall–Kier alpha value is -0.980. The molecule has 0 aliphatic heterocycles. The number of hydrogen-bond donors (Lipinski definition) is 0. The van der Waals surface area contributed by atoms with Gasteiger partial charge in [0.1, 0.15) is 5.88 Å². The third kappa shape index (κ3) is 4.25. The van der Waals surface area contributed by atoms with Gasteiger partial charge < -0.3 is 0 Å². The molecule has 2 aromatic carbocycles. The van der Waals surface area contributed by atoms with Crippen LogP contribution in [0, 0.1) is 6.92 Å². The smallest absolute Gasteiger partial charge is 0.198 e. The molecule has 0 unspecified atom stereocenters. The normalized spacial score (nSPS) is 12.0. The van der Waals surface area contributed by atoms with Crippen molar-refractivity contribution in [3.05, 3.63) is 62.5 Å². The van der Waals surface area contributed by atoms with Crippen LogP contribution in [0.2, 0.25) is 0 Å². The number of halogens is 2. The molecule has 0 N–H and O–H groups in total. The van der Waals surface area contributed by atoms with Gasteiger partial charge in [-0.2, -0.15) is 0 Å². The van der Waals surface area contributed by atoms with E-state index in [0.717, 1.165) is 20.1 Å². The molecule has 0 aliphatic carbocycles. The summed E-state index contributed by atoms with van der Waals surface area (Å²) in [6.45, 7) is 1.92. The number of aryl methyl sites for hydroxylation is 1. The van der Waals surface area contributed by atoms with E-state index in [9.17, 15) is 8.42 Å². The Morgan fingerprint density at radius 1 is 1.05 bits per heavy atom. The molecule has 2 aromatic rings. The molecular weight excluding hydrogens is 418 g/mol. The second kappa shape index (κ2) is 6.85. The maximum atomic E-state index is 12.2. The van der Waals surface area contributed by atoms with Crippen LogP contribution < -0.4 is 0 Å². The molecule has 0 aromatic heterocycles. The Labute approximate surface area is 141 Å².